The van der Waals surface area contributed by atoms with Gasteiger partial charge in [-0.15, -0.1) is 0 Å². The number of allylic oxidation sites excluding steroid dienone is 1. The molecule has 274 valence electrons. The highest BCUT2D eigenvalue weighted by atomic mass is 15.0. The molecule has 0 amide bonds. The number of amidine groups is 2. The first kappa shape index (κ1) is 34.3. The van der Waals surface area contributed by atoms with Crippen LogP contribution >= 0.6 is 0 Å². The van der Waals surface area contributed by atoms with Crippen LogP contribution in [0.15, 0.2) is 192 Å². The van der Waals surface area contributed by atoms with Crippen LogP contribution in [0.1, 0.15) is 47.3 Å². The minimum atomic E-state index is -0.118. The first-order valence-corrected chi connectivity index (χ1v) is 19.7. The van der Waals surface area contributed by atoms with E-state index in [0.717, 1.165) is 35.2 Å². The van der Waals surface area contributed by atoms with Crippen molar-refractivity contribution < 1.29 is 0 Å². The summed E-state index contributed by atoms with van der Waals surface area (Å²) in [6, 6.07) is 61.9. The Labute approximate surface area is 332 Å². The Morgan fingerprint density at radius 3 is 1.95 bits per heavy atom. The molecule has 0 saturated carbocycles. The van der Waals surface area contributed by atoms with E-state index in [4.69, 9.17) is 15.7 Å². The Balaban J connectivity index is 1.09. The maximum absolute atomic E-state index is 6.65. The molecule has 0 radical (unpaired) electrons. The van der Waals surface area contributed by atoms with Crippen LogP contribution in [0.3, 0.4) is 0 Å². The fourth-order valence-electron chi connectivity index (χ4n) is 8.43. The van der Waals surface area contributed by atoms with Crippen molar-refractivity contribution in [1.82, 2.24) is 9.13 Å². The number of hydrogen-bond donors (Lipinski definition) is 1. The average molecular weight is 736 g/mol. The van der Waals surface area contributed by atoms with Crippen LogP contribution < -0.4 is 5.73 Å². The molecule has 0 bridgehead atoms. The van der Waals surface area contributed by atoms with E-state index in [1.54, 1.807) is 0 Å². The van der Waals surface area contributed by atoms with Crippen LogP contribution in [0.5, 0.6) is 0 Å². The number of aryl methyl sites for hydroxylation is 1. The quantitative estimate of drug-likeness (QED) is 0.129. The summed E-state index contributed by atoms with van der Waals surface area (Å²) in [6.45, 7) is 2.10. The molecule has 5 heteroatoms. The highest BCUT2D eigenvalue weighted by Crippen LogP contribution is 2.39. The van der Waals surface area contributed by atoms with Gasteiger partial charge in [0, 0.05) is 44.4 Å². The monoisotopic (exact) mass is 735 g/mol. The minimum absolute atomic E-state index is 0.118. The molecule has 0 saturated heterocycles. The van der Waals surface area contributed by atoms with E-state index in [1.807, 2.05) is 48.5 Å². The average Bonchev–Trinajstić information content (AvgIpc) is 3.79. The second kappa shape index (κ2) is 14.4. The summed E-state index contributed by atoms with van der Waals surface area (Å²) < 4.78 is 4.77. The van der Waals surface area contributed by atoms with Crippen LogP contribution in [0.4, 0.5) is 0 Å². The number of hydrogen-bond acceptors (Lipinski definition) is 1. The van der Waals surface area contributed by atoms with Crippen LogP contribution in [0.25, 0.3) is 61.3 Å². The molecule has 2 heterocycles. The molecule has 0 spiro atoms. The topological polar surface area (TPSA) is 60.6 Å². The van der Waals surface area contributed by atoms with Gasteiger partial charge in [-0.05, 0) is 103 Å². The molecule has 1 unspecified atom stereocenters. The smallest absolute Gasteiger partial charge is 0.157 e. The minimum Gasteiger partial charge on any atom is -0.383 e. The number of nitrogens with two attached hydrogens (primary N) is 1. The molecular formula is C52H41N5. The van der Waals surface area contributed by atoms with Crippen LogP contribution in [0, 0.1) is 0 Å². The van der Waals surface area contributed by atoms with Crippen LogP contribution in [-0.2, 0) is 6.42 Å². The molecule has 0 fully saturated rings. The van der Waals surface area contributed by atoms with E-state index in [0.29, 0.717) is 11.7 Å². The van der Waals surface area contributed by atoms with Gasteiger partial charge in [-0.2, -0.15) is 0 Å². The molecule has 1 aliphatic rings. The zero-order valence-electron chi connectivity index (χ0n) is 31.8. The summed E-state index contributed by atoms with van der Waals surface area (Å²) in [5, 5.41) is 3.78. The Morgan fingerprint density at radius 1 is 0.561 bits per heavy atom. The van der Waals surface area contributed by atoms with Crippen molar-refractivity contribution in [3.05, 3.63) is 210 Å². The largest absolute Gasteiger partial charge is 0.383 e. The van der Waals surface area contributed by atoms with Crippen LogP contribution in [0.2, 0.25) is 0 Å². The molecular weight excluding hydrogens is 695 g/mol. The lowest BCUT2D eigenvalue weighted by molar-refractivity contribution is 0.818. The summed E-state index contributed by atoms with van der Waals surface area (Å²) in [6.07, 6.45) is 6.58. The third kappa shape index (κ3) is 6.24. The second-order valence-electron chi connectivity index (χ2n) is 14.7. The van der Waals surface area contributed by atoms with Crippen molar-refractivity contribution >= 4 is 50.5 Å². The third-order valence-electron chi connectivity index (χ3n) is 11.2. The molecule has 1 atom stereocenters. The summed E-state index contributed by atoms with van der Waals surface area (Å²) in [4.78, 5) is 10.2. The summed E-state index contributed by atoms with van der Waals surface area (Å²) in [7, 11) is 0. The van der Waals surface area contributed by atoms with Gasteiger partial charge in [-0.25, -0.2) is 4.99 Å². The molecule has 5 nitrogen and oxygen atoms in total. The van der Waals surface area contributed by atoms with Crippen molar-refractivity contribution in [2.24, 2.45) is 15.7 Å². The number of para-hydroxylation sites is 2. The summed E-state index contributed by atoms with van der Waals surface area (Å²) >= 11 is 0. The lowest BCUT2D eigenvalue weighted by Crippen LogP contribution is -2.16. The van der Waals surface area contributed by atoms with Crippen molar-refractivity contribution in [3.63, 3.8) is 0 Å². The molecule has 0 aliphatic heterocycles. The maximum atomic E-state index is 6.65. The number of rotatable bonds is 7. The SMILES string of the molecule is CC(N=C(N=C(N)c1ccccc1)c1cccc(-n2c3c(c4cc(-c5ccc6c(c5)c5ccccc5n6-c5ccccc5)ccc42)CCC=C3)c1)c1ccccc1. The normalized spacial score (nSPS) is 13.7. The van der Waals surface area contributed by atoms with Gasteiger partial charge in [0.15, 0.2) is 5.84 Å². The van der Waals surface area contributed by atoms with Gasteiger partial charge in [-0.3, -0.25) is 4.99 Å². The van der Waals surface area contributed by atoms with E-state index >= 15 is 0 Å². The number of benzene rings is 7. The molecule has 2 aromatic heterocycles. The van der Waals surface area contributed by atoms with Gasteiger partial charge in [0.05, 0.1) is 22.6 Å². The standard InChI is InChI=1S/C52H41N5/c1-35(36-16-5-2-6-17-36)54-52(55-51(53)37-18-7-3-8-19-37)40-20-15-23-42(32-40)57-48-27-14-12-25-44(48)46-34-39(29-31-50(46)57)38-28-30-49-45(33-38)43-24-11-13-26-47(43)56(49)41-21-9-4-10-22-41/h2-11,13-24,26-35H,12,25H2,1H3,(H2,53,54,55). The first-order chi connectivity index (χ1) is 28.1. The van der Waals surface area contributed by atoms with E-state index in [-0.39, 0.29) is 6.04 Å². The molecule has 1 aliphatic carbocycles. The number of aromatic nitrogens is 2. The van der Waals surface area contributed by atoms with Crippen molar-refractivity contribution in [3.8, 4) is 22.5 Å². The zero-order valence-corrected chi connectivity index (χ0v) is 31.8. The highest BCUT2D eigenvalue weighted by Gasteiger charge is 2.21. The Hall–Kier alpha value is -7.24. The van der Waals surface area contributed by atoms with Gasteiger partial charge in [-0.1, -0.05) is 127 Å². The number of nitrogens with zero attached hydrogens (tertiary/aromatic N) is 4. The maximum Gasteiger partial charge on any atom is 0.157 e. The second-order valence-corrected chi connectivity index (χ2v) is 14.7. The number of aliphatic imine (C=N–C) groups is 2. The van der Waals surface area contributed by atoms with Gasteiger partial charge in [0.25, 0.3) is 0 Å². The van der Waals surface area contributed by atoms with Gasteiger partial charge >= 0.3 is 0 Å². The van der Waals surface area contributed by atoms with E-state index in [1.165, 1.54) is 60.8 Å². The Kier molecular flexibility index (Phi) is 8.68. The van der Waals surface area contributed by atoms with Crippen molar-refractivity contribution in [1.29, 1.82) is 0 Å². The molecule has 10 rings (SSSR count). The van der Waals surface area contributed by atoms with Crippen molar-refractivity contribution in [2.45, 2.75) is 25.8 Å². The molecule has 2 N–H and O–H groups in total. The highest BCUT2D eigenvalue weighted by molar-refractivity contribution is 6.12. The third-order valence-corrected chi connectivity index (χ3v) is 11.2. The fourth-order valence-corrected chi connectivity index (χ4v) is 8.43. The van der Waals surface area contributed by atoms with Gasteiger partial charge < -0.3 is 14.9 Å². The predicted molar refractivity (Wildman–Crippen MR) is 239 cm³/mol. The van der Waals surface area contributed by atoms with Gasteiger partial charge in [0.1, 0.15) is 5.84 Å². The predicted octanol–water partition coefficient (Wildman–Crippen LogP) is 12.3. The van der Waals surface area contributed by atoms with Crippen LogP contribution in [-0.4, -0.2) is 20.8 Å². The van der Waals surface area contributed by atoms with E-state index < -0.39 is 0 Å². The first-order valence-electron chi connectivity index (χ1n) is 19.7. The Bertz CT molecular complexity index is 3020. The van der Waals surface area contributed by atoms with Crippen molar-refractivity contribution in [2.75, 3.05) is 0 Å². The summed E-state index contributed by atoms with van der Waals surface area (Å²) in [5.74, 6) is 1.03. The molecule has 9 aromatic rings. The zero-order chi connectivity index (χ0) is 38.3. The number of fused-ring (bicyclic) bond motifs is 6. The molecule has 57 heavy (non-hydrogen) atoms. The fraction of sp³-hybridized carbons (Fsp3) is 0.0769. The Morgan fingerprint density at radius 2 is 1.18 bits per heavy atom. The van der Waals surface area contributed by atoms with E-state index in [2.05, 4.69) is 156 Å². The lowest BCUT2D eigenvalue weighted by atomic mass is 9.97. The summed E-state index contributed by atoms with van der Waals surface area (Å²) in [5.41, 5.74) is 20.4. The van der Waals surface area contributed by atoms with E-state index in [9.17, 15) is 0 Å². The lowest BCUT2D eigenvalue weighted by Gasteiger charge is -2.14. The molecule has 7 aromatic carbocycles. The van der Waals surface area contributed by atoms with Gasteiger partial charge in [0.2, 0.25) is 0 Å².